The number of rotatable bonds is 4. The van der Waals surface area contributed by atoms with E-state index in [2.05, 4.69) is 9.97 Å². The van der Waals surface area contributed by atoms with Gasteiger partial charge in [0, 0.05) is 24.6 Å². The van der Waals surface area contributed by atoms with E-state index in [-0.39, 0.29) is 5.82 Å². The maximum atomic E-state index is 13.4. The molecule has 0 spiro atoms. The highest BCUT2D eigenvalue weighted by Gasteiger charge is 2.15. The van der Waals surface area contributed by atoms with Crippen LogP contribution in [-0.2, 0) is 6.42 Å². The van der Waals surface area contributed by atoms with Gasteiger partial charge in [0.15, 0.2) is 0 Å². The monoisotopic (exact) mass is 305 g/mol. The molecule has 6 heteroatoms. The molecule has 0 amide bonds. The molecule has 3 aromatic rings. The molecule has 0 unspecified atom stereocenters. The minimum Gasteiger partial charge on any atom is -0.494 e. The molecule has 0 saturated heterocycles. The predicted octanol–water partition coefficient (Wildman–Crippen LogP) is 3.35. The van der Waals surface area contributed by atoms with Crippen LogP contribution in [0.25, 0.3) is 16.7 Å². The summed E-state index contributed by atoms with van der Waals surface area (Å²) in [5.41, 5.74) is 2.38. The standard InChI is InChI=1S/C15H13ClFN3O/c1-21-14-8-10(17)2-3-13(14)20-12-5-7-18-9-11(12)19-15(20)4-6-16/h2-3,5,7-9H,4,6H2,1H3. The number of halogens is 2. The molecule has 0 saturated carbocycles. The molecule has 0 bridgehead atoms. The Labute approximate surface area is 126 Å². The van der Waals surface area contributed by atoms with Gasteiger partial charge in [0.1, 0.15) is 22.9 Å². The SMILES string of the molecule is COc1cc(F)ccc1-n1c(CCCl)nc2cnccc21. The van der Waals surface area contributed by atoms with Crippen LogP contribution in [0.1, 0.15) is 5.82 Å². The van der Waals surface area contributed by atoms with E-state index in [0.717, 1.165) is 22.5 Å². The Bertz CT molecular complexity index is 788. The van der Waals surface area contributed by atoms with Gasteiger partial charge in [0.2, 0.25) is 0 Å². The Morgan fingerprint density at radius 2 is 2.19 bits per heavy atom. The number of imidazole rings is 1. The number of methoxy groups -OCH3 is 1. The van der Waals surface area contributed by atoms with Crippen molar-refractivity contribution in [3.8, 4) is 11.4 Å². The Hall–Kier alpha value is -2.14. The van der Waals surface area contributed by atoms with Crippen LogP contribution in [0.15, 0.2) is 36.7 Å². The van der Waals surface area contributed by atoms with Gasteiger partial charge in [-0.1, -0.05) is 0 Å². The molecule has 0 aliphatic rings. The van der Waals surface area contributed by atoms with Gasteiger partial charge in [0.05, 0.1) is 24.5 Å². The summed E-state index contributed by atoms with van der Waals surface area (Å²) in [5.74, 6) is 1.33. The third-order valence-electron chi connectivity index (χ3n) is 3.23. The van der Waals surface area contributed by atoms with E-state index < -0.39 is 0 Å². The maximum absolute atomic E-state index is 13.4. The van der Waals surface area contributed by atoms with Gasteiger partial charge in [-0.25, -0.2) is 9.37 Å². The summed E-state index contributed by atoms with van der Waals surface area (Å²) >= 11 is 5.86. The van der Waals surface area contributed by atoms with E-state index in [1.165, 1.54) is 19.2 Å². The second-order valence-corrected chi connectivity index (χ2v) is 4.86. The molecular formula is C15H13ClFN3O. The van der Waals surface area contributed by atoms with Crippen molar-refractivity contribution in [2.75, 3.05) is 13.0 Å². The molecule has 0 fully saturated rings. The van der Waals surface area contributed by atoms with Crippen LogP contribution < -0.4 is 4.74 Å². The molecule has 0 atom stereocenters. The molecule has 0 N–H and O–H groups in total. The predicted molar refractivity (Wildman–Crippen MR) is 79.8 cm³/mol. The van der Waals surface area contributed by atoms with Gasteiger partial charge in [0.25, 0.3) is 0 Å². The highest BCUT2D eigenvalue weighted by Crippen LogP contribution is 2.29. The third-order valence-corrected chi connectivity index (χ3v) is 3.42. The summed E-state index contributed by atoms with van der Waals surface area (Å²) < 4.78 is 20.6. The zero-order valence-corrected chi connectivity index (χ0v) is 12.1. The van der Waals surface area contributed by atoms with Crippen LogP contribution in [-0.4, -0.2) is 27.5 Å². The second kappa shape index (κ2) is 5.69. The summed E-state index contributed by atoms with van der Waals surface area (Å²) in [7, 11) is 1.51. The van der Waals surface area contributed by atoms with Crippen molar-refractivity contribution in [3.63, 3.8) is 0 Å². The summed E-state index contributed by atoms with van der Waals surface area (Å²) in [5, 5.41) is 0. The smallest absolute Gasteiger partial charge is 0.145 e. The van der Waals surface area contributed by atoms with E-state index in [0.29, 0.717) is 18.1 Å². The molecule has 0 aliphatic heterocycles. The Morgan fingerprint density at radius 1 is 1.33 bits per heavy atom. The average Bonchev–Trinajstić information content (AvgIpc) is 2.85. The van der Waals surface area contributed by atoms with Crippen LogP contribution >= 0.6 is 11.6 Å². The van der Waals surface area contributed by atoms with Gasteiger partial charge < -0.3 is 4.74 Å². The average molecular weight is 306 g/mol. The van der Waals surface area contributed by atoms with Gasteiger partial charge in [-0.3, -0.25) is 9.55 Å². The lowest BCUT2D eigenvalue weighted by Gasteiger charge is -2.13. The number of aromatic nitrogens is 3. The molecule has 21 heavy (non-hydrogen) atoms. The number of fused-ring (bicyclic) bond motifs is 1. The Kier molecular flexibility index (Phi) is 3.75. The summed E-state index contributed by atoms with van der Waals surface area (Å²) in [6.45, 7) is 0. The first kappa shape index (κ1) is 13.8. The van der Waals surface area contributed by atoms with Crippen molar-refractivity contribution in [2.45, 2.75) is 6.42 Å². The van der Waals surface area contributed by atoms with Gasteiger partial charge in [-0.15, -0.1) is 11.6 Å². The zero-order valence-electron chi connectivity index (χ0n) is 11.4. The van der Waals surface area contributed by atoms with Crippen molar-refractivity contribution >= 4 is 22.6 Å². The van der Waals surface area contributed by atoms with E-state index in [4.69, 9.17) is 16.3 Å². The number of aryl methyl sites for hydroxylation is 1. The minimum absolute atomic E-state index is 0.347. The maximum Gasteiger partial charge on any atom is 0.145 e. The summed E-state index contributed by atoms with van der Waals surface area (Å²) in [6.07, 6.45) is 3.98. The van der Waals surface area contributed by atoms with Gasteiger partial charge in [-0.2, -0.15) is 0 Å². The number of benzene rings is 1. The Morgan fingerprint density at radius 3 is 2.95 bits per heavy atom. The molecule has 108 valence electrons. The van der Waals surface area contributed by atoms with Crippen LogP contribution in [0, 0.1) is 5.82 Å². The normalized spacial score (nSPS) is 11.0. The fourth-order valence-electron chi connectivity index (χ4n) is 2.34. The Balaban J connectivity index is 2.30. The number of hydrogen-bond acceptors (Lipinski definition) is 3. The first-order valence-corrected chi connectivity index (χ1v) is 6.99. The van der Waals surface area contributed by atoms with Gasteiger partial charge in [-0.05, 0) is 18.2 Å². The quantitative estimate of drug-likeness (QED) is 0.694. The van der Waals surface area contributed by atoms with Crippen molar-refractivity contribution in [1.29, 1.82) is 0 Å². The van der Waals surface area contributed by atoms with Crippen molar-refractivity contribution in [3.05, 3.63) is 48.3 Å². The summed E-state index contributed by atoms with van der Waals surface area (Å²) in [4.78, 5) is 8.62. The van der Waals surface area contributed by atoms with Crippen LogP contribution in [0.4, 0.5) is 4.39 Å². The first-order chi connectivity index (χ1) is 10.2. The van der Waals surface area contributed by atoms with Crippen LogP contribution in [0.2, 0.25) is 0 Å². The van der Waals surface area contributed by atoms with E-state index in [1.54, 1.807) is 18.5 Å². The van der Waals surface area contributed by atoms with Crippen LogP contribution in [0.3, 0.4) is 0 Å². The van der Waals surface area contributed by atoms with Crippen molar-refractivity contribution in [2.24, 2.45) is 0 Å². The number of alkyl halides is 1. The highest BCUT2D eigenvalue weighted by atomic mass is 35.5. The van der Waals surface area contributed by atoms with Gasteiger partial charge >= 0.3 is 0 Å². The molecule has 0 aliphatic carbocycles. The fourth-order valence-corrected chi connectivity index (χ4v) is 2.51. The second-order valence-electron chi connectivity index (χ2n) is 4.48. The lowest BCUT2D eigenvalue weighted by atomic mass is 10.2. The fraction of sp³-hybridized carbons (Fsp3) is 0.200. The molecule has 4 nitrogen and oxygen atoms in total. The number of nitrogens with zero attached hydrogens (tertiary/aromatic N) is 3. The van der Waals surface area contributed by atoms with E-state index >= 15 is 0 Å². The molecule has 2 heterocycles. The van der Waals surface area contributed by atoms with Crippen molar-refractivity contribution in [1.82, 2.24) is 14.5 Å². The lowest BCUT2D eigenvalue weighted by Crippen LogP contribution is -2.04. The van der Waals surface area contributed by atoms with E-state index in [1.807, 2.05) is 10.6 Å². The summed E-state index contributed by atoms with van der Waals surface area (Å²) in [6, 6.07) is 6.29. The van der Waals surface area contributed by atoms with E-state index in [9.17, 15) is 4.39 Å². The third kappa shape index (κ3) is 2.45. The molecule has 0 radical (unpaired) electrons. The zero-order chi connectivity index (χ0) is 14.8. The van der Waals surface area contributed by atoms with Crippen molar-refractivity contribution < 1.29 is 9.13 Å². The first-order valence-electron chi connectivity index (χ1n) is 6.46. The molecule has 2 aromatic heterocycles. The lowest BCUT2D eigenvalue weighted by molar-refractivity contribution is 0.409. The number of ether oxygens (including phenoxy) is 1. The molecular weight excluding hydrogens is 293 g/mol. The molecule has 1 aromatic carbocycles. The number of pyridine rings is 1. The minimum atomic E-state index is -0.347. The van der Waals surface area contributed by atoms with Crippen LogP contribution in [0.5, 0.6) is 5.75 Å². The largest absolute Gasteiger partial charge is 0.494 e. The topological polar surface area (TPSA) is 39.9 Å². The highest BCUT2D eigenvalue weighted by molar-refractivity contribution is 6.17. The molecule has 3 rings (SSSR count). The number of hydrogen-bond donors (Lipinski definition) is 0.